The molecule has 0 aliphatic carbocycles. The molecule has 7 nitrogen and oxygen atoms in total. The summed E-state index contributed by atoms with van der Waals surface area (Å²) in [5, 5.41) is 46.9. The molecule has 0 aromatic carbocycles. The molecular formula is C10H20O7. The van der Waals surface area contributed by atoms with Crippen LogP contribution in [0, 0.1) is 0 Å². The van der Waals surface area contributed by atoms with E-state index in [0.29, 0.717) is 12.8 Å². The molecule has 5 N–H and O–H groups in total. The molecule has 1 rings (SSSR count). The summed E-state index contributed by atoms with van der Waals surface area (Å²) in [5.41, 5.74) is 0. The van der Waals surface area contributed by atoms with Crippen LogP contribution < -0.4 is 0 Å². The van der Waals surface area contributed by atoms with Crippen LogP contribution in [0.2, 0.25) is 0 Å². The number of rotatable bonds is 5. The Morgan fingerprint density at radius 3 is 2.35 bits per heavy atom. The maximum absolute atomic E-state index is 9.59. The van der Waals surface area contributed by atoms with Crippen molar-refractivity contribution in [2.24, 2.45) is 0 Å². The maximum atomic E-state index is 9.59. The smallest absolute Gasteiger partial charge is 0.189 e. The summed E-state index contributed by atoms with van der Waals surface area (Å²) < 4.78 is 10.1. The maximum Gasteiger partial charge on any atom is 0.189 e. The Balaban J connectivity index is 2.59. The van der Waals surface area contributed by atoms with Crippen molar-refractivity contribution < 1.29 is 35.0 Å². The molecule has 1 aliphatic rings. The average molecular weight is 252 g/mol. The molecule has 0 radical (unpaired) electrons. The van der Waals surface area contributed by atoms with E-state index in [0.717, 1.165) is 0 Å². The van der Waals surface area contributed by atoms with Gasteiger partial charge in [0.05, 0.1) is 6.61 Å². The van der Waals surface area contributed by atoms with E-state index >= 15 is 0 Å². The van der Waals surface area contributed by atoms with E-state index in [-0.39, 0.29) is 0 Å². The third-order valence-corrected chi connectivity index (χ3v) is 2.68. The Hall–Kier alpha value is -0.280. The Morgan fingerprint density at radius 1 is 1.18 bits per heavy atom. The third-order valence-electron chi connectivity index (χ3n) is 2.68. The normalized spacial score (nSPS) is 40.2. The Bertz CT molecular complexity index is 223. The minimum atomic E-state index is -1.49. The molecule has 17 heavy (non-hydrogen) atoms. The van der Waals surface area contributed by atoms with Crippen molar-refractivity contribution in [3.8, 4) is 0 Å². The van der Waals surface area contributed by atoms with Gasteiger partial charge in [0.1, 0.15) is 24.4 Å². The predicted octanol–water partition coefficient (Wildman–Crippen LogP) is -2.08. The van der Waals surface area contributed by atoms with Crippen LogP contribution in [0.25, 0.3) is 0 Å². The highest BCUT2D eigenvalue weighted by Gasteiger charge is 2.44. The highest BCUT2D eigenvalue weighted by molar-refractivity contribution is 4.88. The lowest BCUT2D eigenvalue weighted by Crippen LogP contribution is -2.59. The molecule has 1 unspecified atom stereocenters. The van der Waals surface area contributed by atoms with Crippen LogP contribution >= 0.6 is 0 Å². The van der Waals surface area contributed by atoms with Crippen LogP contribution in [-0.2, 0) is 9.47 Å². The van der Waals surface area contributed by atoms with Gasteiger partial charge in [-0.1, -0.05) is 13.3 Å². The number of aliphatic hydroxyl groups excluding tert-OH is 5. The van der Waals surface area contributed by atoms with Crippen LogP contribution in [0.5, 0.6) is 0 Å². The molecule has 102 valence electrons. The largest absolute Gasteiger partial charge is 0.394 e. The Labute approximate surface area is 99.2 Å². The van der Waals surface area contributed by atoms with Gasteiger partial charge in [-0.15, -0.1) is 0 Å². The summed E-state index contributed by atoms with van der Waals surface area (Å²) >= 11 is 0. The molecule has 0 bridgehead atoms. The summed E-state index contributed by atoms with van der Waals surface area (Å²) in [5.74, 6) is 0. The van der Waals surface area contributed by atoms with Crippen molar-refractivity contribution in [2.45, 2.75) is 56.8 Å². The van der Waals surface area contributed by atoms with E-state index in [1.54, 1.807) is 0 Å². The molecule has 6 atom stereocenters. The lowest BCUT2D eigenvalue weighted by molar-refractivity contribution is -0.332. The van der Waals surface area contributed by atoms with Crippen LogP contribution in [0.4, 0.5) is 0 Å². The SMILES string of the molecule is CCCC(O)O[C@@H]1O[C@H](CO)[C@@H](O)[C@H](O)[C@H]1O. The highest BCUT2D eigenvalue weighted by atomic mass is 16.7. The van der Waals surface area contributed by atoms with Crippen molar-refractivity contribution in [3.63, 3.8) is 0 Å². The highest BCUT2D eigenvalue weighted by Crippen LogP contribution is 2.23. The Kier molecular flexibility index (Phi) is 5.74. The van der Waals surface area contributed by atoms with Crippen LogP contribution in [-0.4, -0.2) is 69.1 Å². The topological polar surface area (TPSA) is 120 Å². The molecule has 1 heterocycles. The fraction of sp³-hybridized carbons (Fsp3) is 1.00. The van der Waals surface area contributed by atoms with E-state index in [4.69, 9.17) is 14.6 Å². The van der Waals surface area contributed by atoms with Gasteiger partial charge < -0.3 is 35.0 Å². The van der Waals surface area contributed by atoms with Gasteiger partial charge in [-0.25, -0.2) is 0 Å². The second-order valence-corrected chi connectivity index (χ2v) is 4.08. The van der Waals surface area contributed by atoms with Crippen molar-refractivity contribution in [3.05, 3.63) is 0 Å². The molecule has 0 saturated carbocycles. The van der Waals surface area contributed by atoms with E-state index in [1.807, 2.05) is 6.92 Å². The molecule has 7 heteroatoms. The summed E-state index contributed by atoms with van der Waals surface area (Å²) in [6.45, 7) is 1.33. The van der Waals surface area contributed by atoms with E-state index in [9.17, 15) is 20.4 Å². The number of hydrogen-bond donors (Lipinski definition) is 5. The van der Waals surface area contributed by atoms with Gasteiger partial charge in [0, 0.05) is 0 Å². The Morgan fingerprint density at radius 2 is 1.82 bits per heavy atom. The van der Waals surface area contributed by atoms with Gasteiger partial charge in [-0.05, 0) is 6.42 Å². The zero-order valence-corrected chi connectivity index (χ0v) is 9.64. The molecule has 0 aromatic rings. The van der Waals surface area contributed by atoms with Gasteiger partial charge in [0.15, 0.2) is 12.6 Å². The van der Waals surface area contributed by atoms with E-state index in [1.165, 1.54) is 0 Å². The van der Waals surface area contributed by atoms with Crippen LogP contribution in [0.3, 0.4) is 0 Å². The predicted molar refractivity (Wildman–Crippen MR) is 55.8 cm³/mol. The van der Waals surface area contributed by atoms with Crippen molar-refractivity contribution >= 4 is 0 Å². The zero-order valence-electron chi connectivity index (χ0n) is 9.64. The summed E-state index contributed by atoms with van der Waals surface area (Å²) in [4.78, 5) is 0. The summed E-state index contributed by atoms with van der Waals surface area (Å²) in [6.07, 6.45) is -6.76. The molecule has 0 aromatic heterocycles. The lowest BCUT2D eigenvalue weighted by Gasteiger charge is -2.40. The fourth-order valence-electron chi connectivity index (χ4n) is 1.65. The zero-order chi connectivity index (χ0) is 13.0. The molecule has 0 amide bonds. The molecular weight excluding hydrogens is 232 g/mol. The molecule has 1 saturated heterocycles. The second-order valence-electron chi connectivity index (χ2n) is 4.08. The van der Waals surface area contributed by atoms with Gasteiger partial charge in [0.2, 0.25) is 0 Å². The molecule has 0 spiro atoms. The first-order valence-corrected chi connectivity index (χ1v) is 5.65. The average Bonchev–Trinajstić information content (AvgIpc) is 2.30. The third kappa shape index (κ3) is 3.59. The standard InChI is InChI=1S/C10H20O7/c1-2-3-6(12)17-10-9(15)8(14)7(13)5(4-11)16-10/h5-15H,2-4H2,1H3/t5-,6?,7-,8+,9-,10+/m1/s1. The second kappa shape index (κ2) is 6.60. The quantitative estimate of drug-likeness (QED) is 0.356. The fourth-order valence-corrected chi connectivity index (χ4v) is 1.65. The van der Waals surface area contributed by atoms with Gasteiger partial charge in [-0.2, -0.15) is 0 Å². The number of ether oxygens (including phenoxy) is 2. The molecule has 1 fully saturated rings. The van der Waals surface area contributed by atoms with E-state index < -0.39 is 43.6 Å². The lowest BCUT2D eigenvalue weighted by atomic mass is 9.99. The van der Waals surface area contributed by atoms with Gasteiger partial charge in [-0.3, -0.25) is 0 Å². The van der Waals surface area contributed by atoms with Crippen molar-refractivity contribution in [2.75, 3.05) is 6.61 Å². The minimum absolute atomic E-state index is 0.356. The number of aliphatic hydroxyl groups is 5. The first-order valence-electron chi connectivity index (χ1n) is 5.65. The van der Waals surface area contributed by atoms with E-state index in [2.05, 4.69) is 0 Å². The first kappa shape index (κ1) is 14.8. The summed E-state index contributed by atoms with van der Waals surface area (Å²) in [6, 6.07) is 0. The number of hydrogen-bond acceptors (Lipinski definition) is 7. The van der Waals surface area contributed by atoms with Crippen molar-refractivity contribution in [1.29, 1.82) is 0 Å². The minimum Gasteiger partial charge on any atom is -0.394 e. The first-order chi connectivity index (χ1) is 8.01. The van der Waals surface area contributed by atoms with Crippen LogP contribution in [0.15, 0.2) is 0 Å². The van der Waals surface area contributed by atoms with Gasteiger partial charge in [0.25, 0.3) is 0 Å². The van der Waals surface area contributed by atoms with Gasteiger partial charge >= 0.3 is 0 Å². The molecule has 1 aliphatic heterocycles. The summed E-state index contributed by atoms with van der Waals surface area (Å²) in [7, 11) is 0. The van der Waals surface area contributed by atoms with Crippen LogP contribution in [0.1, 0.15) is 19.8 Å². The van der Waals surface area contributed by atoms with Crippen molar-refractivity contribution in [1.82, 2.24) is 0 Å². The monoisotopic (exact) mass is 252 g/mol.